The van der Waals surface area contributed by atoms with Gasteiger partial charge in [-0.3, -0.25) is 0 Å². The number of nitrogens with one attached hydrogen (secondary N) is 1. The lowest BCUT2D eigenvalue weighted by Gasteiger charge is -2.13. The van der Waals surface area contributed by atoms with Crippen molar-refractivity contribution in [1.29, 1.82) is 0 Å². The molecule has 2 aromatic carbocycles. The van der Waals surface area contributed by atoms with E-state index in [4.69, 9.17) is 16.3 Å². The van der Waals surface area contributed by atoms with Gasteiger partial charge in [-0.15, -0.1) is 0 Å². The molecule has 0 fully saturated rings. The van der Waals surface area contributed by atoms with Crippen LogP contribution in [0.5, 0.6) is 11.5 Å². The van der Waals surface area contributed by atoms with Crippen molar-refractivity contribution < 1.29 is 4.74 Å². The maximum absolute atomic E-state index is 6.17. The van der Waals surface area contributed by atoms with Gasteiger partial charge in [0.05, 0.1) is 5.02 Å². The monoisotopic (exact) mass is 303 g/mol. The summed E-state index contributed by atoms with van der Waals surface area (Å²) < 4.78 is 5.90. The Labute approximate surface area is 132 Å². The average molecular weight is 304 g/mol. The Morgan fingerprint density at radius 3 is 2.52 bits per heavy atom. The molecule has 0 atom stereocenters. The first-order chi connectivity index (χ1) is 9.95. The van der Waals surface area contributed by atoms with Crippen molar-refractivity contribution >= 4 is 11.6 Å². The molecule has 0 unspecified atom stereocenters. The third-order valence-electron chi connectivity index (χ3n) is 3.33. The Bertz CT molecular complexity index is 623. The summed E-state index contributed by atoms with van der Waals surface area (Å²) in [4.78, 5) is 0. The van der Waals surface area contributed by atoms with Crippen LogP contribution in [0.1, 0.15) is 30.5 Å². The van der Waals surface area contributed by atoms with Crippen LogP contribution in [0.25, 0.3) is 0 Å². The molecule has 0 amide bonds. The lowest BCUT2D eigenvalue weighted by atomic mass is 10.1. The second kappa shape index (κ2) is 6.97. The number of hydrogen-bond donors (Lipinski definition) is 1. The molecule has 0 spiro atoms. The number of halogens is 1. The van der Waals surface area contributed by atoms with E-state index in [0.717, 1.165) is 17.9 Å². The van der Waals surface area contributed by atoms with Crippen LogP contribution in [0, 0.1) is 13.8 Å². The molecule has 0 saturated carbocycles. The fourth-order valence-electron chi connectivity index (χ4n) is 2.06. The second-order valence-electron chi connectivity index (χ2n) is 5.66. The molecule has 3 heteroatoms. The minimum atomic E-state index is 0.478. The third kappa shape index (κ3) is 4.48. The van der Waals surface area contributed by atoms with Gasteiger partial charge >= 0.3 is 0 Å². The summed E-state index contributed by atoms with van der Waals surface area (Å²) in [6.45, 7) is 9.28. The van der Waals surface area contributed by atoms with Gasteiger partial charge in [0, 0.05) is 12.6 Å². The molecule has 2 nitrogen and oxygen atoms in total. The van der Waals surface area contributed by atoms with Gasteiger partial charge in [-0.1, -0.05) is 37.6 Å². The van der Waals surface area contributed by atoms with E-state index in [-0.39, 0.29) is 0 Å². The molecular weight excluding hydrogens is 282 g/mol. The Balaban J connectivity index is 2.14. The molecule has 2 aromatic rings. The van der Waals surface area contributed by atoms with Crippen molar-refractivity contribution in [1.82, 2.24) is 5.32 Å². The largest absolute Gasteiger partial charge is 0.456 e. The van der Waals surface area contributed by atoms with Gasteiger partial charge in [-0.2, -0.15) is 0 Å². The molecule has 1 N–H and O–H groups in total. The van der Waals surface area contributed by atoms with Crippen LogP contribution in [-0.2, 0) is 6.54 Å². The Hall–Kier alpha value is -1.51. The first-order valence-corrected chi connectivity index (χ1v) is 7.60. The van der Waals surface area contributed by atoms with Crippen molar-refractivity contribution in [3.8, 4) is 11.5 Å². The standard InChI is InChI=1S/C18H22ClNO/c1-12(2)20-11-15-6-7-16(10-14(15)4)21-18-9-13(3)5-8-17(18)19/h5-10,12,20H,11H2,1-4H3. The maximum Gasteiger partial charge on any atom is 0.146 e. The molecule has 2 rings (SSSR count). The fraction of sp³-hybridized carbons (Fsp3) is 0.333. The first kappa shape index (κ1) is 15.9. The lowest BCUT2D eigenvalue weighted by Crippen LogP contribution is -2.22. The molecule has 0 heterocycles. The molecule has 0 radical (unpaired) electrons. The molecule has 0 aliphatic heterocycles. The summed E-state index contributed by atoms with van der Waals surface area (Å²) in [5, 5.41) is 4.05. The summed E-state index contributed by atoms with van der Waals surface area (Å²) in [6.07, 6.45) is 0. The van der Waals surface area contributed by atoms with Crippen LogP contribution in [0.3, 0.4) is 0 Å². The van der Waals surface area contributed by atoms with E-state index >= 15 is 0 Å². The zero-order valence-electron chi connectivity index (χ0n) is 13.0. The highest BCUT2D eigenvalue weighted by Crippen LogP contribution is 2.31. The molecule has 0 saturated heterocycles. The lowest BCUT2D eigenvalue weighted by molar-refractivity contribution is 0.481. The molecule has 0 bridgehead atoms. The van der Waals surface area contributed by atoms with Gasteiger partial charge in [0.15, 0.2) is 0 Å². The van der Waals surface area contributed by atoms with Crippen LogP contribution in [-0.4, -0.2) is 6.04 Å². The number of benzene rings is 2. The van der Waals surface area contributed by atoms with E-state index in [9.17, 15) is 0 Å². The Morgan fingerprint density at radius 1 is 1.10 bits per heavy atom. The Kier molecular flexibility index (Phi) is 5.27. The predicted octanol–water partition coefficient (Wildman–Crippen LogP) is 5.25. The summed E-state index contributed by atoms with van der Waals surface area (Å²) in [5.41, 5.74) is 3.62. The van der Waals surface area contributed by atoms with E-state index < -0.39 is 0 Å². The zero-order valence-corrected chi connectivity index (χ0v) is 13.8. The average Bonchev–Trinajstić information content (AvgIpc) is 2.42. The van der Waals surface area contributed by atoms with Crippen LogP contribution in [0.4, 0.5) is 0 Å². The van der Waals surface area contributed by atoms with E-state index in [0.29, 0.717) is 16.8 Å². The van der Waals surface area contributed by atoms with Crippen LogP contribution < -0.4 is 10.1 Å². The number of rotatable bonds is 5. The van der Waals surface area contributed by atoms with Gasteiger partial charge < -0.3 is 10.1 Å². The SMILES string of the molecule is Cc1ccc(Cl)c(Oc2ccc(CNC(C)C)c(C)c2)c1. The van der Waals surface area contributed by atoms with Crippen LogP contribution in [0.15, 0.2) is 36.4 Å². The highest BCUT2D eigenvalue weighted by atomic mass is 35.5. The smallest absolute Gasteiger partial charge is 0.146 e. The quantitative estimate of drug-likeness (QED) is 0.815. The van der Waals surface area contributed by atoms with E-state index in [1.54, 1.807) is 0 Å². The van der Waals surface area contributed by atoms with Crippen molar-refractivity contribution in [2.24, 2.45) is 0 Å². The fourth-order valence-corrected chi connectivity index (χ4v) is 2.22. The normalized spacial score (nSPS) is 11.0. The van der Waals surface area contributed by atoms with Crippen molar-refractivity contribution in [3.63, 3.8) is 0 Å². The van der Waals surface area contributed by atoms with E-state index in [1.165, 1.54) is 11.1 Å². The summed E-state index contributed by atoms with van der Waals surface area (Å²) in [6, 6.07) is 12.4. The molecule has 0 aliphatic carbocycles. The minimum Gasteiger partial charge on any atom is -0.456 e. The van der Waals surface area contributed by atoms with Crippen LogP contribution in [0.2, 0.25) is 5.02 Å². The topological polar surface area (TPSA) is 21.3 Å². The highest BCUT2D eigenvalue weighted by Gasteiger charge is 2.06. The predicted molar refractivity (Wildman–Crippen MR) is 89.4 cm³/mol. The van der Waals surface area contributed by atoms with Gasteiger partial charge in [-0.05, 0) is 54.8 Å². The molecular formula is C18H22ClNO. The van der Waals surface area contributed by atoms with Gasteiger partial charge in [0.2, 0.25) is 0 Å². The van der Waals surface area contributed by atoms with Crippen LogP contribution >= 0.6 is 11.6 Å². The maximum atomic E-state index is 6.17. The molecule has 112 valence electrons. The van der Waals surface area contributed by atoms with Gasteiger partial charge in [0.25, 0.3) is 0 Å². The summed E-state index contributed by atoms with van der Waals surface area (Å²) >= 11 is 6.17. The second-order valence-corrected chi connectivity index (χ2v) is 6.07. The van der Waals surface area contributed by atoms with Gasteiger partial charge in [-0.25, -0.2) is 0 Å². The minimum absolute atomic E-state index is 0.478. The summed E-state index contributed by atoms with van der Waals surface area (Å²) in [7, 11) is 0. The molecule has 21 heavy (non-hydrogen) atoms. The van der Waals surface area contributed by atoms with Crippen molar-refractivity contribution in [2.45, 2.75) is 40.3 Å². The van der Waals surface area contributed by atoms with Gasteiger partial charge in [0.1, 0.15) is 11.5 Å². The number of ether oxygens (including phenoxy) is 1. The summed E-state index contributed by atoms with van der Waals surface area (Å²) in [5.74, 6) is 1.51. The number of hydrogen-bond acceptors (Lipinski definition) is 2. The van der Waals surface area contributed by atoms with Crippen molar-refractivity contribution in [2.75, 3.05) is 0 Å². The van der Waals surface area contributed by atoms with E-state index in [1.807, 2.05) is 31.2 Å². The third-order valence-corrected chi connectivity index (χ3v) is 3.64. The number of aryl methyl sites for hydroxylation is 2. The first-order valence-electron chi connectivity index (χ1n) is 7.22. The molecule has 0 aromatic heterocycles. The highest BCUT2D eigenvalue weighted by molar-refractivity contribution is 6.32. The van der Waals surface area contributed by atoms with Crippen molar-refractivity contribution in [3.05, 3.63) is 58.1 Å². The van der Waals surface area contributed by atoms with E-state index in [2.05, 4.69) is 38.2 Å². The Morgan fingerprint density at radius 2 is 1.86 bits per heavy atom. The zero-order chi connectivity index (χ0) is 15.4. The molecule has 0 aliphatic rings.